The lowest BCUT2D eigenvalue weighted by Gasteiger charge is -2.14. The number of benzene rings is 1. The van der Waals surface area contributed by atoms with Gasteiger partial charge in [0.05, 0.1) is 11.2 Å². The Labute approximate surface area is 134 Å². The van der Waals surface area contributed by atoms with Crippen molar-refractivity contribution in [2.24, 2.45) is 0 Å². The highest BCUT2D eigenvalue weighted by Crippen LogP contribution is 2.16. The number of hydrogen-bond acceptors (Lipinski definition) is 5. The molecular formula is C17H18N4S. The van der Waals surface area contributed by atoms with E-state index in [1.54, 1.807) is 11.3 Å². The predicted octanol–water partition coefficient (Wildman–Crippen LogP) is 3.54. The molecule has 0 unspecified atom stereocenters. The first kappa shape index (κ1) is 14.8. The molecule has 2 heterocycles. The Morgan fingerprint density at radius 2 is 1.91 bits per heavy atom. The number of aromatic nitrogens is 3. The number of nitrogens with zero attached hydrogens (tertiary/aromatic N) is 4. The van der Waals surface area contributed by atoms with Crippen LogP contribution in [0, 0.1) is 6.92 Å². The van der Waals surface area contributed by atoms with Crippen molar-refractivity contribution >= 4 is 11.3 Å². The van der Waals surface area contributed by atoms with Crippen LogP contribution >= 0.6 is 11.3 Å². The van der Waals surface area contributed by atoms with Gasteiger partial charge in [-0.05, 0) is 20.0 Å². The fourth-order valence-electron chi connectivity index (χ4n) is 2.33. The van der Waals surface area contributed by atoms with Crippen molar-refractivity contribution in [2.75, 3.05) is 7.05 Å². The molecule has 0 saturated heterocycles. The number of rotatable bonds is 5. The smallest absolute Gasteiger partial charge is 0.159 e. The predicted molar refractivity (Wildman–Crippen MR) is 89.5 cm³/mol. The second-order valence-corrected chi connectivity index (χ2v) is 6.16. The van der Waals surface area contributed by atoms with E-state index < -0.39 is 0 Å². The molecule has 5 heteroatoms. The summed E-state index contributed by atoms with van der Waals surface area (Å²) in [6.07, 6.45) is 3.81. The Morgan fingerprint density at radius 1 is 1.09 bits per heavy atom. The summed E-state index contributed by atoms with van der Waals surface area (Å²) in [5.41, 5.74) is 6.35. The van der Waals surface area contributed by atoms with Gasteiger partial charge in [0.1, 0.15) is 0 Å². The normalized spacial score (nSPS) is 11.0. The SMILES string of the molecule is Cc1cccc(-c2ncc(CN(C)Cc3cscn3)cn2)c1. The second-order valence-electron chi connectivity index (χ2n) is 5.44. The minimum atomic E-state index is 0.773. The third-order valence-electron chi connectivity index (χ3n) is 3.35. The van der Waals surface area contributed by atoms with Crippen molar-refractivity contribution < 1.29 is 0 Å². The van der Waals surface area contributed by atoms with Gasteiger partial charge in [0.25, 0.3) is 0 Å². The Balaban J connectivity index is 1.66. The van der Waals surface area contributed by atoms with Crippen LogP contribution in [0.15, 0.2) is 47.5 Å². The number of thiazole rings is 1. The monoisotopic (exact) mass is 310 g/mol. The van der Waals surface area contributed by atoms with Gasteiger partial charge in [-0.15, -0.1) is 11.3 Å². The van der Waals surface area contributed by atoms with Gasteiger partial charge in [0, 0.05) is 42.0 Å². The van der Waals surface area contributed by atoms with Crippen molar-refractivity contribution in [3.63, 3.8) is 0 Å². The maximum atomic E-state index is 4.49. The molecule has 0 bridgehead atoms. The third-order valence-corrected chi connectivity index (χ3v) is 3.98. The van der Waals surface area contributed by atoms with Crippen LogP contribution < -0.4 is 0 Å². The van der Waals surface area contributed by atoms with Gasteiger partial charge >= 0.3 is 0 Å². The quantitative estimate of drug-likeness (QED) is 0.723. The van der Waals surface area contributed by atoms with E-state index in [2.05, 4.69) is 51.3 Å². The largest absolute Gasteiger partial charge is 0.296 e. The highest BCUT2D eigenvalue weighted by atomic mass is 32.1. The Kier molecular flexibility index (Phi) is 4.56. The first-order valence-electron chi connectivity index (χ1n) is 7.14. The molecule has 0 radical (unpaired) electrons. The van der Waals surface area contributed by atoms with Gasteiger partial charge in [0.15, 0.2) is 5.82 Å². The van der Waals surface area contributed by atoms with Crippen molar-refractivity contribution in [3.05, 3.63) is 64.4 Å². The summed E-state index contributed by atoms with van der Waals surface area (Å²) in [6, 6.07) is 8.24. The molecule has 0 saturated carbocycles. The Bertz CT molecular complexity index is 723. The van der Waals surface area contributed by atoms with E-state index in [0.717, 1.165) is 35.7 Å². The fraction of sp³-hybridized carbons (Fsp3) is 0.235. The van der Waals surface area contributed by atoms with Crippen LogP contribution in [-0.4, -0.2) is 26.9 Å². The second kappa shape index (κ2) is 6.77. The van der Waals surface area contributed by atoms with Crippen molar-refractivity contribution in [1.29, 1.82) is 0 Å². The number of aryl methyl sites for hydroxylation is 1. The van der Waals surface area contributed by atoms with Crippen LogP contribution in [0.5, 0.6) is 0 Å². The standard InChI is InChI=1S/C17H18N4S/c1-13-4-3-5-15(6-13)17-18-7-14(8-19-17)9-21(2)10-16-11-22-12-20-16/h3-8,11-12H,9-10H2,1-2H3. The molecule has 2 aromatic heterocycles. The number of hydrogen-bond donors (Lipinski definition) is 0. The van der Waals surface area contributed by atoms with Crippen molar-refractivity contribution in [1.82, 2.24) is 19.9 Å². The summed E-state index contributed by atoms with van der Waals surface area (Å²) in [4.78, 5) is 15.5. The molecule has 0 fully saturated rings. The average molecular weight is 310 g/mol. The van der Waals surface area contributed by atoms with Crippen LogP contribution in [0.2, 0.25) is 0 Å². The molecule has 112 valence electrons. The van der Waals surface area contributed by atoms with E-state index >= 15 is 0 Å². The molecular weight excluding hydrogens is 292 g/mol. The van der Waals surface area contributed by atoms with Crippen LogP contribution in [-0.2, 0) is 13.1 Å². The molecule has 0 N–H and O–H groups in total. The zero-order valence-electron chi connectivity index (χ0n) is 12.7. The highest BCUT2D eigenvalue weighted by molar-refractivity contribution is 7.07. The molecule has 1 aromatic carbocycles. The topological polar surface area (TPSA) is 41.9 Å². The van der Waals surface area contributed by atoms with Crippen LogP contribution in [0.4, 0.5) is 0 Å². The van der Waals surface area contributed by atoms with Gasteiger partial charge in [-0.3, -0.25) is 4.90 Å². The lowest BCUT2D eigenvalue weighted by Crippen LogP contribution is -2.17. The summed E-state index contributed by atoms with van der Waals surface area (Å²) in [7, 11) is 2.08. The maximum Gasteiger partial charge on any atom is 0.159 e. The van der Waals surface area contributed by atoms with Gasteiger partial charge in [0.2, 0.25) is 0 Å². The highest BCUT2D eigenvalue weighted by Gasteiger charge is 2.06. The summed E-state index contributed by atoms with van der Waals surface area (Å²) in [5, 5.41) is 2.08. The van der Waals surface area contributed by atoms with Crippen LogP contribution in [0.3, 0.4) is 0 Å². The molecule has 0 aliphatic carbocycles. The van der Waals surface area contributed by atoms with Gasteiger partial charge in [-0.2, -0.15) is 0 Å². The summed E-state index contributed by atoms with van der Waals surface area (Å²) in [5.74, 6) is 0.773. The molecule has 3 rings (SSSR count). The molecule has 0 spiro atoms. The summed E-state index contributed by atoms with van der Waals surface area (Å²) >= 11 is 1.63. The van der Waals surface area contributed by atoms with Gasteiger partial charge in [-0.1, -0.05) is 23.8 Å². The molecule has 4 nitrogen and oxygen atoms in total. The van der Waals surface area contributed by atoms with E-state index in [4.69, 9.17) is 0 Å². The van der Waals surface area contributed by atoms with Crippen LogP contribution in [0.25, 0.3) is 11.4 Å². The van der Waals surface area contributed by atoms with E-state index in [9.17, 15) is 0 Å². The minimum Gasteiger partial charge on any atom is -0.296 e. The zero-order chi connectivity index (χ0) is 15.4. The average Bonchev–Trinajstić information content (AvgIpc) is 3.01. The summed E-state index contributed by atoms with van der Waals surface area (Å²) < 4.78 is 0. The maximum absolute atomic E-state index is 4.49. The fourth-order valence-corrected chi connectivity index (χ4v) is 2.88. The van der Waals surface area contributed by atoms with E-state index in [-0.39, 0.29) is 0 Å². The lowest BCUT2D eigenvalue weighted by atomic mass is 10.1. The van der Waals surface area contributed by atoms with E-state index in [1.165, 1.54) is 5.56 Å². The molecule has 0 amide bonds. The van der Waals surface area contributed by atoms with Gasteiger partial charge < -0.3 is 0 Å². The molecule has 0 atom stereocenters. The Morgan fingerprint density at radius 3 is 2.59 bits per heavy atom. The third kappa shape index (κ3) is 3.75. The minimum absolute atomic E-state index is 0.773. The van der Waals surface area contributed by atoms with Crippen LogP contribution in [0.1, 0.15) is 16.8 Å². The summed E-state index contributed by atoms with van der Waals surface area (Å²) in [6.45, 7) is 3.72. The van der Waals surface area contributed by atoms with Crippen molar-refractivity contribution in [2.45, 2.75) is 20.0 Å². The Hall–Kier alpha value is -2.11. The van der Waals surface area contributed by atoms with Gasteiger partial charge in [-0.25, -0.2) is 15.0 Å². The molecule has 22 heavy (non-hydrogen) atoms. The molecule has 0 aliphatic heterocycles. The first-order chi connectivity index (χ1) is 10.7. The van der Waals surface area contributed by atoms with E-state index in [0.29, 0.717) is 0 Å². The van der Waals surface area contributed by atoms with E-state index in [1.807, 2.05) is 30.0 Å². The molecule has 0 aliphatic rings. The lowest BCUT2D eigenvalue weighted by molar-refractivity contribution is 0.315. The first-order valence-corrected chi connectivity index (χ1v) is 8.08. The van der Waals surface area contributed by atoms with Crippen molar-refractivity contribution in [3.8, 4) is 11.4 Å². The molecule has 3 aromatic rings. The zero-order valence-corrected chi connectivity index (χ0v) is 13.5.